The molecule has 0 bridgehead atoms. The van der Waals surface area contributed by atoms with Crippen LogP contribution >= 0.6 is 0 Å². The van der Waals surface area contributed by atoms with Crippen molar-refractivity contribution in [2.75, 3.05) is 31.9 Å². The molecule has 26 heavy (non-hydrogen) atoms. The highest BCUT2D eigenvalue weighted by atomic mass is 32.2. The van der Waals surface area contributed by atoms with E-state index in [4.69, 9.17) is 0 Å². The van der Waals surface area contributed by atoms with Gasteiger partial charge in [-0.05, 0) is 31.4 Å². The molecule has 3 rings (SSSR count). The van der Waals surface area contributed by atoms with Gasteiger partial charge in [0.15, 0.2) is 9.84 Å². The van der Waals surface area contributed by atoms with E-state index in [2.05, 4.69) is 0 Å². The van der Waals surface area contributed by atoms with Crippen LogP contribution in [0.3, 0.4) is 0 Å². The number of carbonyl (C=O) groups is 2. The van der Waals surface area contributed by atoms with Crippen molar-refractivity contribution in [1.29, 1.82) is 0 Å². The zero-order valence-electron chi connectivity index (χ0n) is 15.0. The summed E-state index contributed by atoms with van der Waals surface area (Å²) in [5.41, 5.74) is 0. The average molecular weight is 378 g/mol. The van der Waals surface area contributed by atoms with Gasteiger partial charge >= 0.3 is 0 Å². The quantitative estimate of drug-likeness (QED) is 0.782. The molecule has 142 valence electrons. The molecule has 1 aromatic rings. The summed E-state index contributed by atoms with van der Waals surface area (Å²) in [6.45, 7) is 2.30. The lowest BCUT2D eigenvalue weighted by molar-refractivity contribution is -0.138. The summed E-state index contributed by atoms with van der Waals surface area (Å²) < 4.78 is 24.6. The zero-order valence-corrected chi connectivity index (χ0v) is 15.8. The van der Waals surface area contributed by atoms with E-state index in [1.165, 1.54) is 0 Å². The fourth-order valence-electron chi connectivity index (χ4n) is 3.43. The van der Waals surface area contributed by atoms with Crippen LogP contribution in [0.5, 0.6) is 0 Å². The fourth-order valence-corrected chi connectivity index (χ4v) is 4.68. The number of hydrogen-bond acceptors (Lipinski definition) is 4. The van der Waals surface area contributed by atoms with Gasteiger partial charge in [-0.2, -0.15) is 0 Å². The monoisotopic (exact) mass is 378 g/mol. The van der Waals surface area contributed by atoms with E-state index in [1.54, 1.807) is 35.2 Å². The third-order valence-electron chi connectivity index (χ3n) is 5.30. The molecule has 2 fully saturated rings. The van der Waals surface area contributed by atoms with Crippen LogP contribution in [0, 0.1) is 5.92 Å². The normalized spacial score (nSPS) is 18.9. The highest BCUT2D eigenvalue weighted by Crippen LogP contribution is 2.28. The van der Waals surface area contributed by atoms with E-state index in [0.29, 0.717) is 26.2 Å². The van der Waals surface area contributed by atoms with Gasteiger partial charge in [0, 0.05) is 38.5 Å². The first-order valence-corrected chi connectivity index (χ1v) is 11.0. The van der Waals surface area contributed by atoms with Crippen molar-refractivity contribution in [3.63, 3.8) is 0 Å². The predicted octanol–water partition coefficient (Wildman–Crippen LogP) is 1.71. The summed E-state index contributed by atoms with van der Waals surface area (Å²) in [5.74, 6) is 0.0600. The van der Waals surface area contributed by atoms with Crippen LogP contribution in [0.1, 0.15) is 32.1 Å². The number of hydrogen-bond donors (Lipinski definition) is 0. The van der Waals surface area contributed by atoms with Gasteiger partial charge in [-0.3, -0.25) is 9.59 Å². The van der Waals surface area contributed by atoms with E-state index in [1.807, 2.05) is 4.90 Å². The fraction of sp³-hybridized carbons (Fsp3) is 0.579. The number of amides is 2. The molecule has 1 aromatic carbocycles. The van der Waals surface area contributed by atoms with E-state index in [-0.39, 0.29) is 34.8 Å². The van der Waals surface area contributed by atoms with Crippen molar-refractivity contribution in [3.8, 4) is 0 Å². The van der Waals surface area contributed by atoms with Crippen LogP contribution in [0.15, 0.2) is 35.2 Å². The van der Waals surface area contributed by atoms with Crippen molar-refractivity contribution in [2.24, 2.45) is 5.92 Å². The Morgan fingerprint density at radius 1 is 0.923 bits per heavy atom. The molecule has 0 aromatic heterocycles. The number of carbonyl (C=O) groups excluding carboxylic acids is 2. The number of sulfone groups is 1. The summed E-state index contributed by atoms with van der Waals surface area (Å²) >= 11 is 0. The molecular formula is C19H26N2O4S. The first-order chi connectivity index (χ1) is 12.5. The molecule has 0 N–H and O–H groups in total. The molecule has 2 amide bonds. The van der Waals surface area contributed by atoms with Gasteiger partial charge in [-0.1, -0.05) is 24.6 Å². The summed E-state index contributed by atoms with van der Waals surface area (Å²) in [4.78, 5) is 28.7. The van der Waals surface area contributed by atoms with Crippen LogP contribution in [-0.2, 0) is 19.4 Å². The van der Waals surface area contributed by atoms with E-state index < -0.39 is 9.84 Å². The molecule has 0 radical (unpaired) electrons. The maximum Gasteiger partial charge on any atom is 0.225 e. The molecule has 7 heteroatoms. The molecule has 0 atom stereocenters. The SMILES string of the molecule is O=C(CCS(=O)(=O)c1ccccc1)N1CCCN(C(=O)C2CCC2)CC1. The van der Waals surface area contributed by atoms with Crippen LogP contribution in [-0.4, -0.2) is 62.0 Å². The van der Waals surface area contributed by atoms with Gasteiger partial charge in [-0.15, -0.1) is 0 Å². The summed E-state index contributed by atoms with van der Waals surface area (Å²) in [6, 6.07) is 8.22. The molecule has 0 spiro atoms. The first-order valence-electron chi connectivity index (χ1n) is 9.32. The van der Waals surface area contributed by atoms with E-state index in [0.717, 1.165) is 25.7 Å². The largest absolute Gasteiger partial charge is 0.341 e. The molecule has 0 unspecified atom stereocenters. The Balaban J connectivity index is 1.51. The number of rotatable bonds is 5. The minimum absolute atomic E-state index is 0.0200. The Morgan fingerprint density at radius 2 is 1.58 bits per heavy atom. The Labute approximate surface area is 155 Å². The molecule has 2 aliphatic rings. The maximum atomic E-state index is 12.5. The molecule has 6 nitrogen and oxygen atoms in total. The third-order valence-corrected chi connectivity index (χ3v) is 7.03. The average Bonchev–Trinajstić information content (AvgIpc) is 2.85. The number of nitrogens with zero attached hydrogens (tertiary/aromatic N) is 2. The van der Waals surface area contributed by atoms with Crippen LogP contribution in [0.2, 0.25) is 0 Å². The zero-order chi connectivity index (χ0) is 18.6. The minimum atomic E-state index is -3.45. The Bertz CT molecular complexity index is 744. The lowest BCUT2D eigenvalue weighted by Gasteiger charge is -2.31. The Morgan fingerprint density at radius 3 is 2.23 bits per heavy atom. The molecular weight excluding hydrogens is 352 g/mol. The van der Waals surface area contributed by atoms with Crippen molar-refractivity contribution in [2.45, 2.75) is 37.0 Å². The summed E-state index contributed by atoms with van der Waals surface area (Å²) in [7, 11) is -3.45. The van der Waals surface area contributed by atoms with Gasteiger partial charge in [-0.25, -0.2) is 8.42 Å². The second-order valence-corrected chi connectivity index (χ2v) is 9.18. The van der Waals surface area contributed by atoms with Gasteiger partial charge in [0.05, 0.1) is 10.6 Å². The van der Waals surface area contributed by atoms with Gasteiger partial charge in [0.2, 0.25) is 11.8 Å². The highest BCUT2D eigenvalue weighted by molar-refractivity contribution is 7.91. The lowest BCUT2D eigenvalue weighted by atomic mass is 9.84. The van der Waals surface area contributed by atoms with Gasteiger partial charge < -0.3 is 9.80 Å². The second kappa shape index (κ2) is 8.20. The topological polar surface area (TPSA) is 74.8 Å². The van der Waals surface area contributed by atoms with E-state index in [9.17, 15) is 18.0 Å². The highest BCUT2D eigenvalue weighted by Gasteiger charge is 2.31. The van der Waals surface area contributed by atoms with Crippen LogP contribution < -0.4 is 0 Å². The molecule has 1 heterocycles. The van der Waals surface area contributed by atoms with Crippen molar-refractivity contribution in [3.05, 3.63) is 30.3 Å². The Kier molecular flexibility index (Phi) is 5.96. The molecule has 1 aliphatic carbocycles. The van der Waals surface area contributed by atoms with Crippen molar-refractivity contribution < 1.29 is 18.0 Å². The smallest absolute Gasteiger partial charge is 0.225 e. The van der Waals surface area contributed by atoms with E-state index >= 15 is 0 Å². The predicted molar refractivity (Wildman–Crippen MR) is 98.2 cm³/mol. The summed E-state index contributed by atoms with van der Waals surface area (Å²) in [5, 5.41) is 0. The standard InChI is InChI=1S/C19H26N2O4S/c22-18(10-15-26(24,25)17-8-2-1-3-9-17)20-11-5-12-21(14-13-20)19(23)16-6-4-7-16/h1-3,8-9,16H,4-7,10-15H2. The van der Waals surface area contributed by atoms with Crippen LogP contribution in [0.25, 0.3) is 0 Å². The van der Waals surface area contributed by atoms with Crippen molar-refractivity contribution in [1.82, 2.24) is 9.80 Å². The van der Waals surface area contributed by atoms with Gasteiger partial charge in [0.1, 0.15) is 0 Å². The Hall–Kier alpha value is -1.89. The van der Waals surface area contributed by atoms with Crippen molar-refractivity contribution >= 4 is 21.7 Å². The molecule has 1 aliphatic heterocycles. The van der Waals surface area contributed by atoms with Crippen LogP contribution in [0.4, 0.5) is 0 Å². The molecule has 1 saturated heterocycles. The minimum Gasteiger partial charge on any atom is -0.341 e. The lowest BCUT2D eigenvalue weighted by Crippen LogP contribution is -2.41. The second-order valence-electron chi connectivity index (χ2n) is 7.07. The third kappa shape index (κ3) is 4.44. The number of benzene rings is 1. The van der Waals surface area contributed by atoms with Gasteiger partial charge in [0.25, 0.3) is 0 Å². The summed E-state index contributed by atoms with van der Waals surface area (Å²) in [6.07, 6.45) is 3.82. The maximum absolute atomic E-state index is 12.5. The molecule has 1 saturated carbocycles. The first kappa shape index (κ1) is 18.9.